The first-order valence-electron chi connectivity index (χ1n) is 7.25. The summed E-state index contributed by atoms with van der Waals surface area (Å²) in [6.07, 6.45) is 3.81. The van der Waals surface area contributed by atoms with E-state index in [-0.39, 0.29) is 5.91 Å². The molecule has 0 N–H and O–H groups in total. The zero-order valence-electron chi connectivity index (χ0n) is 12.7. The maximum atomic E-state index is 12.2. The molecule has 0 aromatic rings. The molecule has 0 bridgehead atoms. The number of hydrogen-bond acceptors (Lipinski definition) is 3. The monoisotopic (exact) mass is 268 g/mol. The molecule has 1 unspecified atom stereocenters. The molecule has 19 heavy (non-hydrogen) atoms. The van der Waals surface area contributed by atoms with Crippen LogP contribution in [-0.4, -0.2) is 61.6 Å². The van der Waals surface area contributed by atoms with Gasteiger partial charge < -0.3 is 9.64 Å². The predicted octanol–water partition coefficient (Wildman–Crippen LogP) is 1.91. The molecular weight excluding hydrogens is 240 g/mol. The SMILES string of the molecule is C=C(C)CN(CC)C(=O)CN(C)CC1CCCCO1. The molecule has 0 aromatic carbocycles. The molecular formula is C15H28N2O2. The molecule has 0 aromatic heterocycles. The summed E-state index contributed by atoms with van der Waals surface area (Å²) >= 11 is 0. The summed E-state index contributed by atoms with van der Waals surface area (Å²) < 4.78 is 5.70. The van der Waals surface area contributed by atoms with Gasteiger partial charge in [0.05, 0.1) is 12.6 Å². The van der Waals surface area contributed by atoms with Gasteiger partial charge in [-0.15, -0.1) is 0 Å². The Balaban J connectivity index is 2.34. The van der Waals surface area contributed by atoms with Crippen molar-refractivity contribution in [2.75, 3.05) is 39.8 Å². The van der Waals surface area contributed by atoms with Crippen molar-refractivity contribution in [3.8, 4) is 0 Å². The van der Waals surface area contributed by atoms with Crippen LogP contribution in [-0.2, 0) is 9.53 Å². The molecule has 0 aliphatic carbocycles. The average molecular weight is 268 g/mol. The Hall–Kier alpha value is -0.870. The van der Waals surface area contributed by atoms with Crippen LogP contribution in [0.15, 0.2) is 12.2 Å². The molecule has 1 rings (SSSR count). The summed E-state index contributed by atoms with van der Waals surface area (Å²) in [4.78, 5) is 16.1. The highest BCUT2D eigenvalue weighted by atomic mass is 16.5. The number of rotatable bonds is 7. The minimum absolute atomic E-state index is 0.170. The largest absolute Gasteiger partial charge is 0.377 e. The quantitative estimate of drug-likeness (QED) is 0.661. The Bertz CT molecular complexity index is 299. The zero-order valence-corrected chi connectivity index (χ0v) is 12.7. The van der Waals surface area contributed by atoms with Crippen LogP contribution in [0.25, 0.3) is 0 Å². The van der Waals surface area contributed by atoms with Crippen LogP contribution in [0.4, 0.5) is 0 Å². The van der Waals surface area contributed by atoms with Crippen molar-refractivity contribution in [3.05, 3.63) is 12.2 Å². The van der Waals surface area contributed by atoms with Crippen molar-refractivity contribution in [1.29, 1.82) is 0 Å². The van der Waals surface area contributed by atoms with E-state index in [1.165, 1.54) is 12.8 Å². The van der Waals surface area contributed by atoms with Gasteiger partial charge in [0.25, 0.3) is 0 Å². The maximum Gasteiger partial charge on any atom is 0.237 e. The lowest BCUT2D eigenvalue weighted by Gasteiger charge is -2.29. The lowest BCUT2D eigenvalue weighted by molar-refractivity contribution is -0.132. The standard InChI is InChI=1S/C15H28N2O2/c1-5-17(10-13(2)3)15(18)12-16(4)11-14-8-6-7-9-19-14/h14H,2,5-12H2,1,3-4H3. The highest BCUT2D eigenvalue weighted by molar-refractivity contribution is 5.78. The van der Waals surface area contributed by atoms with Gasteiger partial charge in [-0.3, -0.25) is 9.69 Å². The van der Waals surface area contributed by atoms with Gasteiger partial charge in [0, 0.05) is 26.2 Å². The van der Waals surface area contributed by atoms with Crippen molar-refractivity contribution in [2.24, 2.45) is 0 Å². The second kappa shape index (κ2) is 8.33. The lowest BCUT2D eigenvalue weighted by Crippen LogP contribution is -2.42. The molecule has 0 radical (unpaired) electrons. The highest BCUT2D eigenvalue weighted by Crippen LogP contribution is 2.13. The lowest BCUT2D eigenvalue weighted by atomic mass is 10.1. The normalized spacial score (nSPS) is 19.5. The van der Waals surface area contributed by atoms with Gasteiger partial charge in [0.2, 0.25) is 5.91 Å². The number of likely N-dealkylation sites (N-methyl/N-ethyl adjacent to an activating group) is 2. The number of nitrogens with zero attached hydrogens (tertiary/aromatic N) is 2. The Kier molecular flexibility index (Phi) is 7.10. The number of carbonyl (C=O) groups is 1. The van der Waals surface area contributed by atoms with Gasteiger partial charge in [-0.1, -0.05) is 12.2 Å². The Labute approximate surface area is 117 Å². The Morgan fingerprint density at radius 2 is 2.11 bits per heavy atom. The molecule has 1 aliphatic rings. The first-order valence-corrected chi connectivity index (χ1v) is 7.25. The highest BCUT2D eigenvalue weighted by Gasteiger charge is 2.19. The van der Waals surface area contributed by atoms with E-state index in [2.05, 4.69) is 11.5 Å². The first kappa shape index (κ1) is 16.2. The van der Waals surface area contributed by atoms with Crippen molar-refractivity contribution in [2.45, 2.75) is 39.2 Å². The van der Waals surface area contributed by atoms with Crippen molar-refractivity contribution < 1.29 is 9.53 Å². The first-order chi connectivity index (χ1) is 9.02. The number of amides is 1. The summed E-state index contributed by atoms with van der Waals surface area (Å²) in [7, 11) is 1.99. The number of hydrogen-bond donors (Lipinski definition) is 0. The van der Waals surface area contributed by atoms with E-state index >= 15 is 0 Å². The fraction of sp³-hybridized carbons (Fsp3) is 0.800. The van der Waals surface area contributed by atoms with Crippen LogP contribution in [0.3, 0.4) is 0 Å². The Morgan fingerprint density at radius 1 is 1.37 bits per heavy atom. The van der Waals surface area contributed by atoms with E-state index in [0.29, 0.717) is 19.2 Å². The molecule has 4 nitrogen and oxygen atoms in total. The topological polar surface area (TPSA) is 32.8 Å². The van der Waals surface area contributed by atoms with E-state index in [0.717, 1.165) is 31.7 Å². The van der Waals surface area contributed by atoms with Gasteiger partial charge in [0.15, 0.2) is 0 Å². The molecule has 1 aliphatic heterocycles. The molecule has 4 heteroatoms. The summed E-state index contributed by atoms with van der Waals surface area (Å²) in [6, 6.07) is 0. The van der Waals surface area contributed by atoms with E-state index in [1.54, 1.807) is 0 Å². The van der Waals surface area contributed by atoms with Gasteiger partial charge in [-0.25, -0.2) is 0 Å². The number of carbonyl (C=O) groups excluding carboxylic acids is 1. The third-order valence-electron chi connectivity index (χ3n) is 3.39. The van der Waals surface area contributed by atoms with Crippen molar-refractivity contribution in [3.63, 3.8) is 0 Å². The summed E-state index contributed by atoms with van der Waals surface area (Å²) in [6.45, 7) is 11.4. The van der Waals surface area contributed by atoms with Gasteiger partial charge >= 0.3 is 0 Å². The van der Waals surface area contributed by atoms with Gasteiger partial charge in [-0.2, -0.15) is 0 Å². The summed E-state index contributed by atoms with van der Waals surface area (Å²) in [5.74, 6) is 0.170. The second-order valence-corrected chi connectivity index (χ2v) is 5.55. The molecule has 1 fully saturated rings. The van der Waals surface area contributed by atoms with E-state index in [1.807, 2.05) is 25.8 Å². The third kappa shape index (κ3) is 6.21. The molecule has 0 saturated carbocycles. The molecule has 0 spiro atoms. The predicted molar refractivity (Wildman–Crippen MR) is 78.2 cm³/mol. The van der Waals surface area contributed by atoms with Gasteiger partial charge in [-0.05, 0) is 40.2 Å². The van der Waals surface area contributed by atoms with Gasteiger partial charge in [0.1, 0.15) is 0 Å². The van der Waals surface area contributed by atoms with E-state index in [4.69, 9.17) is 4.74 Å². The third-order valence-corrected chi connectivity index (χ3v) is 3.39. The van der Waals surface area contributed by atoms with Crippen molar-refractivity contribution in [1.82, 2.24) is 9.80 Å². The van der Waals surface area contributed by atoms with Crippen LogP contribution < -0.4 is 0 Å². The fourth-order valence-electron chi connectivity index (χ4n) is 2.40. The smallest absolute Gasteiger partial charge is 0.237 e. The van der Waals surface area contributed by atoms with Crippen LogP contribution in [0.2, 0.25) is 0 Å². The molecule has 1 saturated heterocycles. The van der Waals surface area contributed by atoms with Crippen LogP contribution in [0, 0.1) is 0 Å². The fourth-order valence-corrected chi connectivity index (χ4v) is 2.40. The molecule has 1 heterocycles. The molecule has 1 atom stereocenters. The summed E-state index contributed by atoms with van der Waals surface area (Å²) in [5, 5.41) is 0. The minimum Gasteiger partial charge on any atom is -0.377 e. The zero-order chi connectivity index (χ0) is 14.3. The van der Waals surface area contributed by atoms with Crippen LogP contribution in [0.1, 0.15) is 33.1 Å². The average Bonchev–Trinajstić information content (AvgIpc) is 2.36. The molecule has 110 valence electrons. The van der Waals surface area contributed by atoms with E-state index in [9.17, 15) is 4.79 Å². The minimum atomic E-state index is 0.170. The molecule has 1 amide bonds. The summed E-state index contributed by atoms with van der Waals surface area (Å²) in [5.41, 5.74) is 1.02. The number of ether oxygens (including phenoxy) is 1. The van der Waals surface area contributed by atoms with Crippen LogP contribution >= 0.6 is 0 Å². The Morgan fingerprint density at radius 3 is 2.63 bits per heavy atom. The van der Waals surface area contributed by atoms with E-state index < -0.39 is 0 Å². The van der Waals surface area contributed by atoms with Crippen LogP contribution in [0.5, 0.6) is 0 Å². The maximum absolute atomic E-state index is 12.2. The van der Waals surface area contributed by atoms with Crippen molar-refractivity contribution >= 4 is 5.91 Å². The second-order valence-electron chi connectivity index (χ2n) is 5.55.